The molecule has 1 N–H and O–H groups in total. The van der Waals surface area contributed by atoms with E-state index in [4.69, 9.17) is 16.3 Å². The van der Waals surface area contributed by atoms with Crippen LogP contribution in [0.5, 0.6) is 11.5 Å². The Morgan fingerprint density at radius 2 is 1.68 bits per heavy atom. The number of aliphatic hydroxyl groups is 1. The molecule has 3 nitrogen and oxygen atoms in total. The molecule has 0 saturated carbocycles. The van der Waals surface area contributed by atoms with Gasteiger partial charge < -0.3 is 9.84 Å². The largest absolute Gasteiger partial charge is 0.507 e. The van der Waals surface area contributed by atoms with Crippen molar-refractivity contribution in [3.05, 3.63) is 99.8 Å². The van der Waals surface area contributed by atoms with Crippen molar-refractivity contribution in [3.63, 3.8) is 0 Å². The first-order valence-electron chi connectivity index (χ1n) is 8.72. The maximum Gasteiger partial charge on any atom is 0.160 e. The summed E-state index contributed by atoms with van der Waals surface area (Å²) in [5.74, 6) is -0.308. The van der Waals surface area contributed by atoms with E-state index in [0.29, 0.717) is 27.6 Å². The molecule has 0 aromatic heterocycles. The van der Waals surface area contributed by atoms with Gasteiger partial charge in [-0.25, -0.2) is 4.39 Å². The first-order valence-corrected chi connectivity index (χ1v) is 9.09. The fourth-order valence-corrected chi connectivity index (χ4v) is 3.70. The van der Waals surface area contributed by atoms with Gasteiger partial charge in [-0.05, 0) is 55.5 Å². The van der Waals surface area contributed by atoms with Crippen LogP contribution in [-0.4, -0.2) is 10.9 Å². The monoisotopic (exact) mass is 394 g/mol. The molecule has 0 spiro atoms. The molecule has 5 heteroatoms. The highest BCUT2D eigenvalue weighted by Gasteiger charge is 2.34. The average molecular weight is 395 g/mol. The summed E-state index contributed by atoms with van der Waals surface area (Å²) in [5, 5.41) is 11.5. The Morgan fingerprint density at radius 1 is 1.00 bits per heavy atom. The number of ether oxygens (including phenoxy) is 1. The Kier molecular flexibility index (Phi) is 4.65. The first-order chi connectivity index (χ1) is 13.5. The summed E-state index contributed by atoms with van der Waals surface area (Å²) in [6.07, 6.45) is 0. The zero-order valence-corrected chi connectivity index (χ0v) is 15.7. The van der Waals surface area contributed by atoms with E-state index < -0.39 is 11.7 Å². The summed E-state index contributed by atoms with van der Waals surface area (Å²) >= 11 is 6.21. The lowest BCUT2D eigenvalue weighted by Crippen LogP contribution is -2.18. The number of carbonyl (C=O) groups is 1. The van der Waals surface area contributed by atoms with Crippen molar-refractivity contribution in [3.8, 4) is 11.5 Å². The van der Waals surface area contributed by atoms with Crippen LogP contribution >= 0.6 is 11.6 Å². The lowest BCUT2D eigenvalue weighted by atomic mass is 9.79. The van der Waals surface area contributed by atoms with Crippen LogP contribution < -0.4 is 4.74 Å². The fraction of sp³-hybridized carbons (Fsp3) is 0.0870. The van der Waals surface area contributed by atoms with E-state index in [1.165, 1.54) is 31.2 Å². The van der Waals surface area contributed by atoms with Crippen LogP contribution in [0, 0.1) is 5.82 Å². The Bertz CT molecular complexity index is 1100. The minimum absolute atomic E-state index is 0.194. The summed E-state index contributed by atoms with van der Waals surface area (Å²) in [4.78, 5) is 12.7. The number of hydrogen-bond acceptors (Lipinski definition) is 3. The average Bonchev–Trinajstić information content (AvgIpc) is 2.68. The summed E-state index contributed by atoms with van der Waals surface area (Å²) in [6, 6.07) is 17.9. The van der Waals surface area contributed by atoms with Crippen LogP contribution in [0.2, 0.25) is 5.02 Å². The molecule has 0 amide bonds. The van der Waals surface area contributed by atoms with Gasteiger partial charge in [0.1, 0.15) is 23.1 Å². The number of carbonyl (C=O) groups excluding carboxylic acids is 1. The van der Waals surface area contributed by atoms with Crippen molar-refractivity contribution in [2.24, 2.45) is 0 Å². The number of benzene rings is 3. The molecule has 1 aliphatic rings. The second-order valence-corrected chi connectivity index (χ2v) is 7.02. The normalized spacial score (nSPS) is 15.8. The number of ketones is 1. The Labute approximate surface area is 166 Å². The van der Waals surface area contributed by atoms with Crippen molar-refractivity contribution < 1.29 is 19.0 Å². The van der Waals surface area contributed by atoms with E-state index in [1.807, 2.05) is 24.3 Å². The SMILES string of the molecule is CC(=O)/C(=C(\O)c1ccc(F)cc1)[C@H]1c2ccccc2Oc2ccc(Cl)cc21. The molecule has 0 saturated heterocycles. The van der Waals surface area contributed by atoms with E-state index >= 15 is 0 Å². The smallest absolute Gasteiger partial charge is 0.160 e. The van der Waals surface area contributed by atoms with E-state index in [2.05, 4.69) is 0 Å². The van der Waals surface area contributed by atoms with E-state index in [9.17, 15) is 14.3 Å². The standard InChI is InChI=1S/C23H16ClFO3/c1-13(26)21(23(27)14-6-9-16(25)10-7-14)22-17-4-2-3-5-19(17)28-20-11-8-15(24)12-18(20)22/h2-12,22,27H,1H3/b23-21+/t22-/m0/s1. The number of rotatable bonds is 3. The topological polar surface area (TPSA) is 46.5 Å². The van der Waals surface area contributed by atoms with Gasteiger partial charge in [-0.1, -0.05) is 29.8 Å². The van der Waals surface area contributed by atoms with E-state index in [1.54, 1.807) is 18.2 Å². The predicted octanol–water partition coefficient (Wildman–Crippen LogP) is 6.28. The van der Waals surface area contributed by atoms with Gasteiger partial charge in [0.25, 0.3) is 0 Å². The number of Topliss-reactive ketones (excluding diaryl/α,β-unsaturated/α-hetero) is 1. The summed E-state index contributed by atoms with van der Waals surface area (Å²) in [7, 11) is 0. The molecule has 1 aliphatic heterocycles. The van der Waals surface area contributed by atoms with Gasteiger partial charge in [-0.2, -0.15) is 0 Å². The molecule has 0 unspecified atom stereocenters. The van der Waals surface area contributed by atoms with Gasteiger partial charge in [0.15, 0.2) is 5.78 Å². The Hall–Kier alpha value is -3.11. The van der Waals surface area contributed by atoms with Gasteiger partial charge in [-0.15, -0.1) is 0 Å². The van der Waals surface area contributed by atoms with Gasteiger partial charge in [-0.3, -0.25) is 4.79 Å². The Balaban J connectivity index is 1.99. The van der Waals surface area contributed by atoms with E-state index in [-0.39, 0.29) is 17.1 Å². The van der Waals surface area contributed by atoms with Gasteiger partial charge >= 0.3 is 0 Å². The van der Waals surface area contributed by atoms with Gasteiger partial charge in [0, 0.05) is 33.2 Å². The number of para-hydroxylation sites is 1. The Morgan fingerprint density at radius 3 is 2.39 bits per heavy atom. The highest BCUT2D eigenvalue weighted by atomic mass is 35.5. The first kappa shape index (κ1) is 18.3. The van der Waals surface area contributed by atoms with Crippen LogP contribution in [0.3, 0.4) is 0 Å². The molecule has 0 aliphatic carbocycles. The highest BCUT2D eigenvalue weighted by molar-refractivity contribution is 6.30. The molecule has 0 radical (unpaired) electrons. The molecule has 0 fully saturated rings. The molecule has 1 atom stereocenters. The number of hydrogen-bond donors (Lipinski definition) is 1. The molecule has 3 aromatic rings. The number of aliphatic hydroxyl groups excluding tert-OH is 1. The molecular weight excluding hydrogens is 379 g/mol. The molecule has 1 heterocycles. The van der Waals surface area contributed by atoms with E-state index in [0.717, 1.165) is 5.56 Å². The maximum atomic E-state index is 13.3. The minimum Gasteiger partial charge on any atom is -0.507 e. The van der Waals surface area contributed by atoms with Crippen LogP contribution in [-0.2, 0) is 4.79 Å². The van der Waals surface area contributed by atoms with Gasteiger partial charge in [0.05, 0.1) is 0 Å². The molecule has 28 heavy (non-hydrogen) atoms. The van der Waals surface area contributed by atoms with Crippen molar-refractivity contribution >= 4 is 23.1 Å². The zero-order chi connectivity index (χ0) is 19.8. The minimum atomic E-state index is -0.568. The van der Waals surface area contributed by atoms with Crippen LogP contribution in [0.25, 0.3) is 5.76 Å². The van der Waals surface area contributed by atoms with Crippen molar-refractivity contribution in [1.29, 1.82) is 0 Å². The van der Waals surface area contributed by atoms with Crippen molar-refractivity contribution in [1.82, 2.24) is 0 Å². The third-order valence-corrected chi connectivity index (χ3v) is 5.01. The molecule has 3 aromatic carbocycles. The molecule has 140 valence electrons. The van der Waals surface area contributed by atoms with Gasteiger partial charge in [0.2, 0.25) is 0 Å². The fourth-order valence-electron chi connectivity index (χ4n) is 3.52. The van der Waals surface area contributed by atoms with Crippen molar-refractivity contribution in [2.75, 3.05) is 0 Å². The zero-order valence-electron chi connectivity index (χ0n) is 14.9. The molecule has 4 rings (SSSR count). The second-order valence-electron chi connectivity index (χ2n) is 6.58. The number of allylic oxidation sites excluding steroid dienone is 1. The number of fused-ring (bicyclic) bond motifs is 2. The summed E-state index contributed by atoms with van der Waals surface area (Å²) < 4.78 is 19.3. The molecule has 0 bridgehead atoms. The third-order valence-electron chi connectivity index (χ3n) is 4.77. The lowest BCUT2D eigenvalue weighted by molar-refractivity contribution is -0.113. The van der Waals surface area contributed by atoms with Crippen molar-refractivity contribution in [2.45, 2.75) is 12.8 Å². The van der Waals surface area contributed by atoms with Crippen LogP contribution in [0.15, 0.2) is 72.3 Å². The number of halogens is 2. The highest BCUT2D eigenvalue weighted by Crippen LogP contribution is 2.49. The van der Waals surface area contributed by atoms with Crippen LogP contribution in [0.4, 0.5) is 4.39 Å². The lowest BCUT2D eigenvalue weighted by Gasteiger charge is -2.30. The summed E-state index contributed by atoms with van der Waals surface area (Å²) in [5.41, 5.74) is 1.99. The quantitative estimate of drug-likeness (QED) is 0.420. The molecular formula is C23H16ClFO3. The van der Waals surface area contributed by atoms with Crippen LogP contribution in [0.1, 0.15) is 29.5 Å². The maximum absolute atomic E-state index is 13.3. The predicted molar refractivity (Wildman–Crippen MR) is 106 cm³/mol. The summed E-state index contributed by atoms with van der Waals surface area (Å²) in [6.45, 7) is 1.40. The second kappa shape index (κ2) is 7.13. The third kappa shape index (κ3) is 3.16.